The predicted molar refractivity (Wildman–Crippen MR) is 86.3 cm³/mol. The van der Waals surface area contributed by atoms with E-state index in [-0.39, 0.29) is 17.7 Å². The highest BCUT2D eigenvalue weighted by atomic mass is 79.9. The van der Waals surface area contributed by atoms with Crippen LogP contribution in [0.1, 0.15) is 36.8 Å². The first kappa shape index (κ1) is 15.5. The second-order valence-electron chi connectivity index (χ2n) is 6.31. The van der Waals surface area contributed by atoms with Crippen LogP contribution >= 0.6 is 15.9 Å². The minimum atomic E-state index is -0.719. The summed E-state index contributed by atoms with van der Waals surface area (Å²) in [5, 5.41) is 9.04. The molecule has 1 N–H and O–H groups in total. The Labute approximate surface area is 138 Å². The quantitative estimate of drug-likeness (QED) is 0.875. The monoisotopic (exact) mass is 365 g/mol. The Bertz CT molecular complexity index is 594. The van der Waals surface area contributed by atoms with Gasteiger partial charge in [-0.05, 0) is 55.4 Å². The van der Waals surface area contributed by atoms with E-state index in [1.807, 2.05) is 11.0 Å². The van der Waals surface area contributed by atoms with Crippen molar-refractivity contribution in [2.75, 3.05) is 6.54 Å². The molecule has 118 valence electrons. The number of amides is 1. The van der Waals surface area contributed by atoms with E-state index in [2.05, 4.69) is 28.1 Å². The van der Waals surface area contributed by atoms with Gasteiger partial charge in [0.25, 0.3) is 0 Å². The van der Waals surface area contributed by atoms with Crippen molar-refractivity contribution in [3.63, 3.8) is 0 Å². The van der Waals surface area contributed by atoms with Gasteiger partial charge in [-0.25, -0.2) is 0 Å². The number of carbonyl (C=O) groups is 2. The topological polar surface area (TPSA) is 57.6 Å². The first-order valence-corrected chi connectivity index (χ1v) is 8.63. The smallest absolute Gasteiger partial charge is 0.306 e. The van der Waals surface area contributed by atoms with Crippen molar-refractivity contribution in [2.24, 2.45) is 11.8 Å². The predicted octanol–water partition coefficient (Wildman–Crippen LogP) is 3.22. The van der Waals surface area contributed by atoms with Crippen LogP contribution in [0.2, 0.25) is 0 Å². The molecule has 0 aromatic heterocycles. The average Bonchev–Trinajstić information content (AvgIpc) is 2.53. The molecular formula is C17H20BrNO3. The first-order valence-electron chi connectivity index (χ1n) is 7.83. The second-order valence-corrected chi connectivity index (χ2v) is 7.23. The normalized spacial score (nSPS) is 24.7. The molecule has 0 saturated heterocycles. The molecule has 2 aliphatic rings. The van der Waals surface area contributed by atoms with Crippen LogP contribution in [0.3, 0.4) is 0 Å². The molecule has 4 nitrogen and oxygen atoms in total. The maximum absolute atomic E-state index is 12.7. The summed E-state index contributed by atoms with van der Waals surface area (Å²) in [6.07, 6.45) is 3.57. The maximum atomic E-state index is 12.7. The summed E-state index contributed by atoms with van der Waals surface area (Å²) in [6, 6.07) is 6.24. The minimum Gasteiger partial charge on any atom is -0.481 e. The Morgan fingerprint density at radius 2 is 1.77 bits per heavy atom. The van der Waals surface area contributed by atoms with Crippen molar-refractivity contribution in [3.8, 4) is 0 Å². The van der Waals surface area contributed by atoms with Gasteiger partial charge in [-0.15, -0.1) is 0 Å². The Morgan fingerprint density at radius 1 is 1.09 bits per heavy atom. The van der Waals surface area contributed by atoms with Gasteiger partial charge < -0.3 is 10.0 Å². The van der Waals surface area contributed by atoms with Crippen molar-refractivity contribution in [1.82, 2.24) is 4.90 Å². The standard InChI is InChI=1S/C17H20BrNO3/c18-15-6-5-14-10-19(8-7-13(14)9-15)16(20)11-1-3-12(4-2-11)17(21)22/h5-6,9,11-12H,1-4,7-8,10H2,(H,21,22). The largest absolute Gasteiger partial charge is 0.481 e. The molecule has 1 saturated carbocycles. The number of hydrogen-bond acceptors (Lipinski definition) is 2. The highest BCUT2D eigenvalue weighted by Crippen LogP contribution is 2.32. The number of rotatable bonds is 2. The summed E-state index contributed by atoms with van der Waals surface area (Å²) < 4.78 is 1.08. The number of halogens is 1. The zero-order chi connectivity index (χ0) is 15.7. The van der Waals surface area contributed by atoms with Gasteiger partial charge in [-0.1, -0.05) is 22.0 Å². The number of benzene rings is 1. The van der Waals surface area contributed by atoms with Gasteiger partial charge in [0.2, 0.25) is 5.91 Å². The Kier molecular flexibility index (Phi) is 4.52. The van der Waals surface area contributed by atoms with Crippen LogP contribution in [0.4, 0.5) is 0 Å². The molecule has 1 aromatic carbocycles. The van der Waals surface area contributed by atoms with Crippen molar-refractivity contribution in [1.29, 1.82) is 0 Å². The number of hydrogen-bond donors (Lipinski definition) is 1. The molecule has 22 heavy (non-hydrogen) atoms. The lowest BCUT2D eigenvalue weighted by Gasteiger charge is -2.34. The molecule has 0 unspecified atom stereocenters. The van der Waals surface area contributed by atoms with E-state index in [0.29, 0.717) is 32.2 Å². The lowest BCUT2D eigenvalue weighted by Crippen LogP contribution is -2.41. The van der Waals surface area contributed by atoms with Gasteiger partial charge in [0, 0.05) is 23.5 Å². The third-order valence-electron chi connectivity index (χ3n) is 4.92. The molecule has 0 spiro atoms. The molecule has 5 heteroatoms. The molecule has 0 atom stereocenters. The fourth-order valence-corrected chi connectivity index (χ4v) is 3.96. The number of nitrogens with zero attached hydrogens (tertiary/aromatic N) is 1. The Morgan fingerprint density at radius 3 is 2.45 bits per heavy atom. The molecule has 1 aromatic rings. The van der Waals surface area contributed by atoms with Crippen molar-refractivity contribution >= 4 is 27.8 Å². The molecule has 1 aliphatic carbocycles. The van der Waals surface area contributed by atoms with E-state index < -0.39 is 5.97 Å². The van der Waals surface area contributed by atoms with Crippen LogP contribution in [0.5, 0.6) is 0 Å². The van der Waals surface area contributed by atoms with Gasteiger partial charge in [0.1, 0.15) is 0 Å². The molecule has 0 bridgehead atoms. The van der Waals surface area contributed by atoms with E-state index in [1.165, 1.54) is 11.1 Å². The fraction of sp³-hybridized carbons (Fsp3) is 0.529. The van der Waals surface area contributed by atoms with E-state index in [4.69, 9.17) is 5.11 Å². The summed E-state index contributed by atoms with van der Waals surface area (Å²) in [6.45, 7) is 1.45. The zero-order valence-electron chi connectivity index (χ0n) is 12.4. The van der Waals surface area contributed by atoms with Gasteiger partial charge in [0.05, 0.1) is 5.92 Å². The van der Waals surface area contributed by atoms with Crippen LogP contribution in [0.15, 0.2) is 22.7 Å². The van der Waals surface area contributed by atoms with Gasteiger partial charge in [-0.3, -0.25) is 9.59 Å². The Balaban J connectivity index is 1.62. The summed E-state index contributed by atoms with van der Waals surface area (Å²) in [4.78, 5) is 25.6. The van der Waals surface area contributed by atoms with Crippen molar-refractivity contribution in [2.45, 2.75) is 38.6 Å². The first-order chi connectivity index (χ1) is 10.5. The summed E-state index contributed by atoms with van der Waals surface area (Å²) in [7, 11) is 0. The summed E-state index contributed by atoms with van der Waals surface area (Å²) in [5.41, 5.74) is 2.54. The van der Waals surface area contributed by atoms with Gasteiger partial charge in [-0.2, -0.15) is 0 Å². The zero-order valence-corrected chi connectivity index (χ0v) is 14.0. The molecule has 3 rings (SSSR count). The number of carboxylic acid groups (broad SMARTS) is 1. The van der Waals surface area contributed by atoms with E-state index in [0.717, 1.165) is 17.4 Å². The summed E-state index contributed by atoms with van der Waals surface area (Å²) in [5.74, 6) is -0.767. The number of fused-ring (bicyclic) bond motifs is 1. The molecule has 0 radical (unpaired) electrons. The highest BCUT2D eigenvalue weighted by Gasteiger charge is 2.33. The van der Waals surface area contributed by atoms with Crippen LogP contribution in [0.25, 0.3) is 0 Å². The number of aliphatic carboxylic acids is 1. The van der Waals surface area contributed by atoms with Crippen molar-refractivity contribution in [3.05, 3.63) is 33.8 Å². The Hall–Kier alpha value is -1.36. The van der Waals surface area contributed by atoms with Crippen LogP contribution in [0, 0.1) is 11.8 Å². The third kappa shape index (κ3) is 3.19. The SMILES string of the molecule is O=C(O)C1CCC(C(=O)N2CCc3cc(Br)ccc3C2)CC1. The van der Waals surface area contributed by atoms with Gasteiger partial charge in [0.15, 0.2) is 0 Å². The molecule has 1 heterocycles. The summed E-state index contributed by atoms with van der Waals surface area (Å²) >= 11 is 3.49. The van der Waals surface area contributed by atoms with Crippen LogP contribution < -0.4 is 0 Å². The highest BCUT2D eigenvalue weighted by molar-refractivity contribution is 9.10. The third-order valence-corrected chi connectivity index (χ3v) is 5.41. The lowest BCUT2D eigenvalue weighted by atomic mass is 9.81. The van der Waals surface area contributed by atoms with E-state index in [9.17, 15) is 9.59 Å². The fourth-order valence-electron chi connectivity index (χ4n) is 3.56. The van der Waals surface area contributed by atoms with Crippen LogP contribution in [-0.4, -0.2) is 28.4 Å². The van der Waals surface area contributed by atoms with Crippen LogP contribution in [-0.2, 0) is 22.6 Å². The maximum Gasteiger partial charge on any atom is 0.306 e. The number of carboxylic acids is 1. The second kappa shape index (κ2) is 6.41. The molecular weight excluding hydrogens is 346 g/mol. The molecule has 1 fully saturated rings. The molecule has 1 amide bonds. The lowest BCUT2D eigenvalue weighted by molar-refractivity contribution is -0.146. The molecule has 1 aliphatic heterocycles. The average molecular weight is 366 g/mol. The minimum absolute atomic E-state index is 0.00704. The van der Waals surface area contributed by atoms with E-state index >= 15 is 0 Å². The van der Waals surface area contributed by atoms with E-state index in [1.54, 1.807) is 0 Å². The number of carbonyl (C=O) groups excluding carboxylic acids is 1. The van der Waals surface area contributed by atoms with Gasteiger partial charge >= 0.3 is 5.97 Å². The van der Waals surface area contributed by atoms with Crippen molar-refractivity contribution < 1.29 is 14.7 Å².